The lowest BCUT2D eigenvalue weighted by atomic mass is 10.1. The topological polar surface area (TPSA) is 81.4 Å². The number of benzene rings is 3. The molecule has 1 aromatic heterocycles. The van der Waals surface area contributed by atoms with E-state index in [0.29, 0.717) is 22.7 Å². The molecule has 0 aliphatic heterocycles. The van der Waals surface area contributed by atoms with Crippen LogP contribution in [0.15, 0.2) is 77.2 Å². The molecule has 0 unspecified atom stereocenters. The van der Waals surface area contributed by atoms with Crippen molar-refractivity contribution in [3.63, 3.8) is 0 Å². The maximum atomic E-state index is 12.0. The quantitative estimate of drug-likeness (QED) is 0.420. The van der Waals surface area contributed by atoms with Crippen LogP contribution in [-0.2, 0) is 14.3 Å². The van der Waals surface area contributed by atoms with E-state index >= 15 is 0 Å². The zero-order valence-corrected chi connectivity index (χ0v) is 14.8. The van der Waals surface area contributed by atoms with Gasteiger partial charge in [0.2, 0.25) is 5.89 Å². The van der Waals surface area contributed by atoms with Crippen molar-refractivity contribution in [3.8, 4) is 0 Å². The molecule has 1 heterocycles. The zero-order valence-electron chi connectivity index (χ0n) is 14.8. The monoisotopic (exact) mass is 372 g/mol. The van der Waals surface area contributed by atoms with Crippen molar-refractivity contribution < 1.29 is 18.7 Å². The lowest BCUT2D eigenvalue weighted by molar-refractivity contribution is -0.142. The number of hydrogen-bond donors (Lipinski definition) is 1. The fraction of sp³-hybridized carbons (Fsp3) is 0.0455. The Balaban J connectivity index is 1.31. The van der Waals surface area contributed by atoms with Gasteiger partial charge in [0.15, 0.2) is 12.2 Å². The van der Waals surface area contributed by atoms with Gasteiger partial charge in [0.1, 0.15) is 5.52 Å². The lowest BCUT2D eigenvalue weighted by Crippen LogP contribution is -2.20. The second-order valence-electron chi connectivity index (χ2n) is 6.07. The molecule has 0 aliphatic carbocycles. The number of para-hydroxylation sites is 2. The van der Waals surface area contributed by atoms with Crippen LogP contribution in [0.25, 0.3) is 27.9 Å². The first kappa shape index (κ1) is 17.5. The number of nitrogens with zero attached hydrogens (tertiary/aromatic N) is 1. The molecule has 0 radical (unpaired) electrons. The Morgan fingerprint density at radius 3 is 2.64 bits per heavy atom. The number of hydrogen-bond acceptors (Lipinski definition) is 5. The predicted octanol–water partition coefficient (Wildman–Crippen LogP) is 4.18. The molecule has 1 N–H and O–H groups in total. The van der Waals surface area contributed by atoms with E-state index in [1.807, 2.05) is 54.6 Å². The van der Waals surface area contributed by atoms with Gasteiger partial charge in [-0.15, -0.1) is 0 Å². The first-order valence-corrected chi connectivity index (χ1v) is 8.66. The molecule has 28 heavy (non-hydrogen) atoms. The number of oxazole rings is 1. The van der Waals surface area contributed by atoms with E-state index in [2.05, 4.69) is 10.3 Å². The highest BCUT2D eigenvalue weighted by Crippen LogP contribution is 2.19. The standard InChI is InChI=1S/C22H16N2O4/c25-20(23-17-10-9-15-5-1-2-6-16(15)13-17)14-27-22(26)12-11-21-24-18-7-3-4-8-19(18)28-21/h1-13H,14H2,(H,23,25)/b12-11+. The van der Waals surface area contributed by atoms with Gasteiger partial charge in [-0.25, -0.2) is 9.78 Å². The number of carbonyl (C=O) groups excluding carboxylic acids is 2. The number of ether oxygens (including phenoxy) is 1. The number of amides is 1. The number of carbonyl (C=O) groups is 2. The van der Waals surface area contributed by atoms with E-state index in [1.54, 1.807) is 12.1 Å². The van der Waals surface area contributed by atoms with Crippen molar-refractivity contribution >= 4 is 45.5 Å². The van der Waals surface area contributed by atoms with E-state index in [4.69, 9.17) is 9.15 Å². The van der Waals surface area contributed by atoms with E-state index < -0.39 is 11.9 Å². The summed E-state index contributed by atoms with van der Waals surface area (Å²) in [6.45, 7) is -0.385. The number of anilines is 1. The first-order chi connectivity index (χ1) is 13.7. The van der Waals surface area contributed by atoms with E-state index in [1.165, 1.54) is 12.2 Å². The van der Waals surface area contributed by atoms with Crippen LogP contribution in [0.3, 0.4) is 0 Å². The molecule has 0 saturated heterocycles. The Labute approximate surface area is 160 Å². The Morgan fingerprint density at radius 1 is 1.00 bits per heavy atom. The highest BCUT2D eigenvalue weighted by atomic mass is 16.5. The largest absolute Gasteiger partial charge is 0.452 e. The third-order valence-electron chi connectivity index (χ3n) is 4.05. The molecule has 1 amide bonds. The second kappa shape index (κ2) is 7.75. The summed E-state index contributed by atoms with van der Waals surface area (Å²) >= 11 is 0. The van der Waals surface area contributed by atoms with Crippen LogP contribution in [0.5, 0.6) is 0 Å². The van der Waals surface area contributed by atoms with Crippen molar-refractivity contribution in [1.29, 1.82) is 0 Å². The van der Waals surface area contributed by atoms with Crippen LogP contribution in [0.1, 0.15) is 5.89 Å². The average molecular weight is 372 g/mol. The molecule has 0 spiro atoms. The fourth-order valence-electron chi connectivity index (χ4n) is 2.75. The van der Waals surface area contributed by atoms with Crippen LogP contribution in [0.2, 0.25) is 0 Å². The summed E-state index contributed by atoms with van der Waals surface area (Å²) < 4.78 is 10.4. The molecule has 4 rings (SSSR count). The summed E-state index contributed by atoms with van der Waals surface area (Å²) in [5.74, 6) is -0.784. The van der Waals surface area contributed by atoms with E-state index in [0.717, 1.165) is 10.8 Å². The maximum Gasteiger partial charge on any atom is 0.331 e. The third-order valence-corrected chi connectivity index (χ3v) is 4.05. The van der Waals surface area contributed by atoms with Crippen LogP contribution in [0, 0.1) is 0 Å². The van der Waals surface area contributed by atoms with Crippen LogP contribution in [0.4, 0.5) is 5.69 Å². The molecule has 6 nitrogen and oxygen atoms in total. The summed E-state index contributed by atoms with van der Waals surface area (Å²) in [5, 5.41) is 4.80. The average Bonchev–Trinajstić information content (AvgIpc) is 3.14. The van der Waals surface area contributed by atoms with Gasteiger partial charge in [-0.05, 0) is 35.0 Å². The molecule has 0 saturated carbocycles. The first-order valence-electron chi connectivity index (χ1n) is 8.66. The van der Waals surface area contributed by atoms with Crippen molar-refractivity contribution in [2.24, 2.45) is 0 Å². The van der Waals surface area contributed by atoms with Crippen molar-refractivity contribution in [3.05, 3.63) is 78.7 Å². The summed E-state index contributed by atoms with van der Waals surface area (Å²) in [6.07, 6.45) is 2.58. The summed E-state index contributed by atoms with van der Waals surface area (Å²) in [5.41, 5.74) is 1.97. The van der Waals surface area contributed by atoms with Crippen LogP contribution in [-0.4, -0.2) is 23.5 Å². The number of fused-ring (bicyclic) bond motifs is 2. The lowest BCUT2D eigenvalue weighted by Gasteiger charge is -2.06. The maximum absolute atomic E-state index is 12.0. The molecule has 0 atom stereocenters. The summed E-state index contributed by atoms with van der Waals surface area (Å²) in [6, 6.07) is 20.7. The highest BCUT2D eigenvalue weighted by Gasteiger charge is 2.07. The second-order valence-corrected chi connectivity index (χ2v) is 6.07. The van der Waals surface area contributed by atoms with Gasteiger partial charge in [0.05, 0.1) is 0 Å². The zero-order chi connectivity index (χ0) is 19.3. The van der Waals surface area contributed by atoms with Gasteiger partial charge < -0.3 is 14.5 Å². The van der Waals surface area contributed by atoms with Gasteiger partial charge in [-0.2, -0.15) is 0 Å². The van der Waals surface area contributed by atoms with Gasteiger partial charge in [0.25, 0.3) is 5.91 Å². The Morgan fingerprint density at radius 2 is 1.79 bits per heavy atom. The van der Waals surface area contributed by atoms with Crippen molar-refractivity contribution in [2.45, 2.75) is 0 Å². The molecule has 6 heteroatoms. The van der Waals surface area contributed by atoms with Crippen LogP contribution < -0.4 is 5.32 Å². The van der Waals surface area contributed by atoms with E-state index in [-0.39, 0.29) is 6.61 Å². The Kier molecular flexibility index (Phi) is 4.84. The Bertz CT molecular complexity index is 1160. The molecule has 0 fully saturated rings. The molecule has 3 aromatic carbocycles. The Hall–Kier alpha value is -3.93. The predicted molar refractivity (Wildman–Crippen MR) is 107 cm³/mol. The molecule has 4 aromatic rings. The normalized spacial score (nSPS) is 11.1. The SMILES string of the molecule is O=C(COC(=O)/C=C/c1nc2ccccc2o1)Nc1ccc2ccccc2c1. The van der Waals surface area contributed by atoms with Gasteiger partial charge in [-0.3, -0.25) is 4.79 Å². The number of rotatable bonds is 5. The molecule has 0 aliphatic rings. The van der Waals surface area contributed by atoms with Crippen LogP contribution >= 0.6 is 0 Å². The van der Waals surface area contributed by atoms with Gasteiger partial charge in [0, 0.05) is 17.8 Å². The fourth-order valence-corrected chi connectivity index (χ4v) is 2.75. The minimum atomic E-state index is -0.657. The molecular formula is C22H16N2O4. The molecular weight excluding hydrogens is 356 g/mol. The number of nitrogens with one attached hydrogen (secondary N) is 1. The van der Waals surface area contributed by atoms with E-state index in [9.17, 15) is 9.59 Å². The van der Waals surface area contributed by atoms with Gasteiger partial charge in [-0.1, -0.05) is 42.5 Å². The van der Waals surface area contributed by atoms with Crippen molar-refractivity contribution in [2.75, 3.05) is 11.9 Å². The smallest absolute Gasteiger partial charge is 0.331 e. The van der Waals surface area contributed by atoms with Gasteiger partial charge >= 0.3 is 5.97 Å². The highest BCUT2D eigenvalue weighted by molar-refractivity contribution is 5.96. The summed E-state index contributed by atoms with van der Waals surface area (Å²) in [4.78, 5) is 28.0. The minimum Gasteiger partial charge on any atom is -0.452 e. The third kappa shape index (κ3) is 4.07. The molecule has 138 valence electrons. The van der Waals surface area contributed by atoms with Crippen molar-refractivity contribution in [1.82, 2.24) is 4.98 Å². The molecule has 0 bridgehead atoms. The summed E-state index contributed by atoms with van der Waals surface area (Å²) in [7, 11) is 0. The number of esters is 1. The number of aromatic nitrogens is 1. The minimum absolute atomic E-state index is 0.291.